The van der Waals surface area contributed by atoms with E-state index in [4.69, 9.17) is 16.3 Å². The molecule has 1 saturated heterocycles. The average molecular weight is 333 g/mol. The summed E-state index contributed by atoms with van der Waals surface area (Å²) in [4.78, 5) is 2.44. The second-order valence-electron chi connectivity index (χ2n) is 4.77. The van der Waals surface area contributed by atoms with Crippen molar-refractivity contribution in [3.63, 3.8) is 0 Å². The van der Waals surface area contributed by atoms with Gasteiger partial charge in [0, 0.05) is 22.6 Å². The highest BCUT2D eigenvalue weighted by molar-refractivity contribution is 9.10. The topological polar surface area (TPSA) is 12.5 Å². The van der Waals surface area contributed by atoms with E-state index < -0.39 is 0 Å². The number of alkyl halides is 1. The molecule has 1 fully saturated rings. The lowest BCUT2D eigenvalue weighted by Crippen LogP contribution is -2.48. The molecule has 0 saturated carbocycles. The molecule has 0 bridgehead atoms. The lowest BCUT2D eigenvalue weighted by atomic mass is 10.1. The SMILES string of the molecule is CCC1COC(C)CN1c1ccc(CCl)c(Br)c1. The highest BCUT2D eigenvalue weighted by Gasteiger charge is 2.25. The van der Waals surface area contributed by atoms with Crippen molar-refractivity contribution >= 4 is 33.2 Å². The number of anilines is 1. The zero-order valence-electron chi connectivity index (χ0n) is 10.8. The molecule has 0 amide bonds. The first-order chi connectivity index (χ1) is 8.65. The highest BCUT2D eigenvalue weighted by Crippen LogP contribution is 2.29. The van der Waals surface area contributed by atoms with E-state index in [1.807, 2.05) is 0 Å². The summed E-state index contributed by atoms with van der Waals surface area (Å²) in [7, 11) is 0. The van der Waals surface area contributed by atoms with Crippen molar-refractivity contribution in [3.8, 4) is 0 Å². The molecule has 2 nitrogen and oxygen atoms in total. The van der Waals surface area contributed by atoms with Gasteiger partial charge in [-0.05, 0) is 31.0 Å². The van der Waals surface area contributed by atoms with Gasteiger partial charge in [0.25, 0.3) is 0 Å². The summed E-state index contributed by atoms with van der Waals surface area (Å²) in [5.41, 5.74) is 2.38. The van der Waals surface area contributed by atoms with Crippen LogP contribution in [0.1, 0.15) is 25.8 Å². The second kappa shape index (κ2) is 6.27. The summed E-state index contributed by atoms with van der Waals surface area (Å²) in [6, 6.07) is 6.89. The molecule has 0 aliphatic carbocycles. The van der Waals surface area contributed by atoms with E-state index >= 15 is 0 Å². The fraction of sp³-hybridized carbons (Fsp3) is 0.571. The van der Waals surface area contributed by atoms with Gasteiger partial charge in [0.05, 0.1) is 18.8 Å². The molecule has 4 heteroatoms. The van der Waals surface area contributed by atoms with Crippen LogP contribution < -0.4 is 4.90 Å². The van der Waals surface area contributed by atoms with Crippen LogP contribution in [-0.4, -0.2) is 25.3 Å². The molecule has 1 aromatic carbocycles. The largest absolute Gasteiger partial charge is 0.375 e. The van der Waals surface area contributed by atoms with Crippen molar-refractivity contribution in [2.75, 3.05) is 18.1 Å². The lowest BCUT2D eigenvalue weighted by molar-refractivity contribution is 0.0299. The van der Waals surface area contributed by atoms with Gasteiger partial charge < -0.3 is 9.64 Å². The zero-order valence-corrected chi connectivity index (χ0v) is 13.2. The Bertz CT molecular complexity index is 413. The lowest BCUT2D eigenvalue weighted by Gasteiger charge is -2.40. The molecule has 2 unspecified atom stereocenters. The van der Waals surface area contributed by atoms with Gasteiger partial charge in [0.2, 0.25) is 0 Å². The van der Waals surface area contributed by atoms with Crippen LogP contribution >= 0.6 is 27.5 Å². The number of morpholine rings is 1. The van der Waals surface area contributed by atoms with Crippen molar-refractivity contribution in [1.29, 1.82) is 0 Å². The maximum atomic E-state index is 5.89. The Labute approximate surface area is 122 Å². The van der Waals surface area contributed by atoms with E-state index in [-0.39, 0.29) is 0 Å². The van der Waals surface area contributed by atoms with Gasteiger partial charge in [0.1, 0.15) is 0 Å². The van der Waals surface area contributed by atoms with Crippen molar-refractivity contribution < 1.29 is 4.74 Å². The minimum atomic E-state index is 0.291. The van der Waals surface area contributed by atoms with E-state index in [0.29, 0.717) is 18.0 Å². The van der Waals surface area contributed by atoms with Gasteiger partial charge in [-0.25, -0.2) is 0 Å². The van der Waals surface area contributed by atoms with E-state index in [2.05, 4.69) is 52.9 Å². The predicted octanol–water partition coefficient (Wildman–Crippen LogP) is 4.19. The van der Waals surface area contributed by atoms with Gasteiger partial charge >= 0.3 is 0 Å². The third-order valence-electron chi connectivity index (χ3n) is 3.45. The molecule has 0 spiro atoms. The molecule has 1 aromatic rings. The normalized spacial score (nSPS) is 24.3. The quantitative estimate of drug-likeness (QED) is 0.770. The zero-order chi connectivity index (χ0) is 13.1. The summed E-state index contributed by atoms with van der Waals surface area (Å²) in [6.07, 6.45) is 1.39. The van der Waals surface area contributed by atoms with Crippen LogP contribution in [0.15, 0.2) is 22.7 Å². The number of ether oxygens (including phenoxy) is 1. The van der Waals surface area contributed by atoms with Crippen LogP contribution in [0, 0.1) is 0 Å². The van der Waals surface area contributed by atoms with Crippen LogP contribution in [0.5, 0.6) is 0 Å². The Morgan fingerprint density at radius 1 is 1.50 bits per heavy atom. The third-order valence-corrected chi connectivity index (χ3v) is 4.48. The molecule has 2 atom stereocenters. The maximum Gasteiger partial charge on any atom is 0.0723 e. The van der Waals surface area contributed by atoms with E-state index in [1.54, 1.807) is 0 Å². The minimum Gasteiger partial charge on any atom is -0.375 e. The molecule has 1 aliphatic heterocycles. The molecule has 0 radical (unpaired) electrons. The second-order valence-corrected chi connectivity index (χ2v) is 5.89. The molecule has 18 heavy (non-hydrogen) atoms. The van der Waals surface area contributed by atoms with Crippen molar-refractivity contribution in [2.24, 2.45) is 0 Å². The summed E-state index contributed by atoms with van der Waals surface area (Å²) >= 11 is 9.47. The molecule has 2 rings (SSSR count). The predicted molar refractivity (Wildman–Crippen MR) is 80.5 cm³/mol. The molecular weight excluding hydrogens is 314 g/mol. The van der Waals surface area contributed by atoms with Crippen LogP contribution in [-0.2, 0) is 10.6 Å². The van der Waals surface area contributed by atoms with Crippen LogP contribution in [0.2, 0.25) is 0 Å². The minimum absolute atomic E-state index is 0.291. The smallest absolute Gasteiger partial charge is 0.0723 e. The van der Waals surface area contributed by atoms with Crippen LogP contribution in [0.3, 0.4) is 0 Å². The number of benzene rings is 1. The maximum absolute atomic E-state index is 5.89. The summed E-state index contributed by atoms with van der Waals surface area (Å²) in [6.45, 7) is 6.10. The van der Waals surface area contributed by atoms with Gasteiger partial charge in [-0.15, -0.1) is 11.6 Å². The fourth-order valence-electron chi connectivity index (χ4n) is 2.32. The Hall–Kier alpha value is -0.250. The molecular formula is C14H19BrClNO. The Balaban J connectivity index is 2.25. The van der Waals surface area contributed by atoms with E-state index in [1.165, 1.54) is 5.69 Å². The third kappa shape index (κ3) is 3.01. The monoisotopic (exact) mass is 331 g/mol. The number of hydrogen-bond acceptors (Lipinski definition) is 2. The van der Waals surface area contributed by atoms with Gasteiger partial charge in [-0.1, -0.05) is 28.9 Å². The standard InChI is InChI=1S/C14H19BrClNO/c1-3-12-9-18-10(2)8-17(12)13-5-4-11(7-16)14(15)6-13/h4-6,10,12H,3,7-9H2,1-2H3. The number of rotatable bonds is 3. The molecule has 0 aromatic heterocycles. The first kappa shape index (κ1) is 14.2. The summed E-state index contributed by atoms with van der Waals surface area (Å²) < 4.78 is 6.82. The van der Waals surface area contributed by atoms with E-state index in [9.17, 15) is 0 Å². The average Bonchev–Trinajstić information content (AvgIpc) is 2.38. The molecule has 100 valence electrons. The highest BCUT2D eigenvalue weighted by atomic mass is 79.9. The molecule has 1 aliphatic rings. The van der Waals surface area contributed by atoms with Crippen LogP contribution in [0.25, 0.3) is 0 Å². The van der Waals surface area contributed by atoms with Gasteiger partial charge in [-0.3, -0.25) is 0 Å². The Morgan fingerprint density at radius 2 is 2.28 bits per heavy atom. The van der Waals surface area contributed by atoms with Crippen molar-refractivity contribution in [3.05, 3.63) is 28.2 Å². The number of hydrogen-bond donors (Lipinski definition) is 0. The van der Waals surface area contributed by atoms with Crippen LogP contribution in [0.4, 0.5) is 5.69 Å². The fourth-order valence-corrected chi connectivity index (χ4v) is 3.22. The van der Waals surface area contributed by atoms with Crippen molar-refractivity contribution in [1.82, 2.24) is 0 Å². The van der Waals surface area contributed by atoms with Gasteiger partial charge in [0.15, 0.2) is 0 Å². The number of nitrogens with zero attached hydrogens (tertiary/aromatic N) is 1. The number of halogens is 2. The van der Waals surface area contributed by atoms with E-state index in [0.717, 1.165) is 29.6 Å². The summed E-state index contributed by atoms with van der Waals surface area (Å²) in [5, 5.41) is 0. The summed E-state index contributed by atoms with van der Waals surface area (Å²) in [5.74, 6) is 0.539. The van der Waals surface area contributed by atoms with Gasteiger partial charge in [-0.2, -0.15) is 0 Å². The van der Waals surface area contributed by atoms with Crippen molar-refractivity contribution in [2.45, 2.75) is 38.3 Å². The Morgan fingerprint density at radius 3 is 2.89 bits per heavy atom. The first-order valence-corrected chi connectivity index (χ1v) is 7.71. The Kier molecular flexibility index (Phi) is 4.93. The molecule has 0 N–H and O–H groups in total. The first-order valence-electron chi connectivity index (χ1n) is 6.38. The molecule has 1 heterocycles.